The van der Waals surface area contributed by atoms with Crippen molar-refractivity contribution in [1.29, 1.82) is 0 Å². The Balaban J connectivity index is 1.66. The first-order chi connectivity index (χ1) is 19.1. The van der Waals surface area contributed by atoms with Crippen molar-refractivity contribution in [2.24, 2.45) is 0 Å². The molecule has 2 aromatic heterocycles. The number of fused-ring (bicyclic) bond motifs is 3. The van der Waals surface area contributed by atoms with Gasteiger partial charge in [-0.1, -0.05) is 30.3 Å². The van der Waals surface area contributed by atoms with Crippen LogP contribution in [0.4, 0.5) is 22.7 Å². The third-order valence-electron chi connectivity index (χ3n) is 7.82. The Kier molecular flexibility index (Phi) is 5.76. The van der Waals surface area contributed by atoms with Crippen molar-refractivity contribution >= 4 is 51.9 Å². The van der Waals surface area contributed by atoms with Crippen LogP contribution in [0.15, 0.2) is 72.9 Å². The summed E-state index contributed by atoms with van der Waals surface area (Å²) in [5.74, 6) is -0.836. The number of carbonyl (C=O) groups excluding carboxylic acids is 4. The Morgan fingerprint density at radius 3 is 1.32 bits per heavy atom. The fraction of sp³-hybridized carbons (Fsp3) is 0.226. The molecule has 202 valence electrons. The van der Waals surface area contributed by atoms with Gasteiger partial charge >= 0.3 is 0 Å². The molecule has 2 aromatic carbocycles. The molecule has 0 saturated carbocycles. The van der Waals surface area contributed by atoms with Gasteiger partial charge in [-0.2, -0.15) is 0 Å². The molecule has 6 rings (SSSR count). The zero-order valence-corrected chi connectivity index (χ0v) is 23.0. The maximum atomic E-state index is 13.2. The van der Waals surface area contributed by atoms with Gasteiger partial charge in [0.25, 0.3) is 0 Å². The second-order valence-electron chi connectivity index (χ2n) is 10.2. The van der Waals surface area contributed by atoms with E-state index in [2.05, 4.69) is 0 Å². The maximum Gasteiger partial charge on any atom is 0.225 e. The van der Waals surface area contributed by atoms with Crippen molar-refractivity contribution in [3.8, 4) is 0 Å². The van der Waals surface area contributed by atoms with Crippen LogP contribution >= 0.6 is 0 Å². The quantitative estimate of drug-likeness (QED) is 0.358. The Hall–Kier alpha value is -4.92. The monoisotopic (exact) mass is 535 g/mol. The predicted octanol–water partition coefficient (Wildman–Crippen LogP) is 5.08. The molecular formula is C31H29N5O4. The molecule has 0 atom stereocenters. The van der Waals surface area contributed by atoms with Crippen LogP contribution in [-0.4, -0.2) is 28.0 Å². The third-order valence-corrected chi connectivity index (χ3v) is 7.82. The van der Waals surface area contributed by atoms with E-state index < -0.39 is 12.3 Å². The topological polar surface area (TPSA) is 85.7 Å². The largest absolute Gasteiger partial charge is 0.316 e. The number of benzene rings is 2. The second-order valence-corrected chi connectivity index (χ2v) is 10.2. The lowest BCUT2D eigenvalue weighted by Crippen LogP contribution is -2.42. The summed E-state index contributed by atoms with van der Waals surface area (Å²) < 4.78 is 1.96. The van der Waals surface area contributed by atoms with Crippen LogP contribution in [-0.2, 0) is 19.2 Å². The predicted molar refractivity (Wildman–Crippen MR) is 153 cm³/mol. The van der Waals surface area contributed by atoms with Gasteiger partial charge in [0.2, 0.25) is 23.6 Å². The number of aromatic nitrogens is 1. The fourth-order valence-electron chi connectivity index (χ4n) is 6.40. The standard InChI is InChI=1S/C31H29N5O4/c1-18-28(30-33(19(2)37)23-12-6-7-13-24(23)34(30)20(3)38)27-16-10-11-17-32(27)29(18)31-35(21(4)39)25-14-8-9-15-26(25)36(31)22(5)40/h6-17,30-31H,1-5H3. The highest BCUT2D eigenvalue weighted by Gasteiger charge is 2.47. The summed E-state index contributed by atoms with van der Waals surface area (Å²) in [6.45, 7) is 7.88. The lowest BCUT2D eigenvalue weighted by atomic mass is 10.0. The molecular weight excluding hydrogens is 506 g/mol. The van der Waals surface area contributed by atoms with E-state index in [1.54, 1.807) is 19.6 Å². The zero-order valence-electron chi connectivity index (χ0n) is 23.0. The van der Waals surface area contributed by atoms with Crippen molar-refractivity contribution in [2.45, 2.75) is 47.0 Å². The minimum Gasteiger partial charge on any atom is -0.316 e. The summed E-state index contributed by atoms with van der Waals surface area (Å²) in [5.41, 5.74) is 5.59. The number of carbonyl (C=O) groups is 4. The van der Waals surface area contributed by atoms with E-state index in [9.17, 15) is 19.2 Å². The molecule has 4 heterocycles. The van der Waals surface area contributed by atoms with Crippen LogP contribution in [0.5, 0.6) is 0 Å². The molecule has 40 heavy (non-hydrogen) atoms. The van der Waals surface area contributed by atoms with Gasteiger partial charge in [0.05, 0.1) is 34.0 Å². The number of nitrogens with zero attached hydrogens (tertiary/aromatic N) is 5. The fourth-order valence-corrected chi connectivity index (χ4v) is 6.40. The maximum absolute atomic E-state index is 13.2. The van der Waals surface area contributed by atoms with Gasteiger partial charge in [-0.15, -0.1) is 0 Å². The normalized spacial score (nSPS) is 15.1. The SMILES string of the molecule is CC(=O)N1c2ccccc2N(C(C)=O)C1c1c(C)c(C2N(C(C)=O)c3ccccc3N2C(C)=O)n2ccccc12. The average molecular weight is 536 g/mol. The van der Waals surface area contributed by atoms with Crippen LogP contribution in [0.2, 0.25) is 0 Å². The molecule has 2 aliphatic rings. The van der Waals surface area contributed by atoms with Gasteiger partial charge in [-0.25, -0.2) is 0 Å². The highest BCUT2D eigenvalue weighted by molar-refractivity contribution is 6.09. The molecule has 0 fully saturated rings. The smallest absolute Gasteiger partial charge is 0.225 e. The van der Waals surface area contributed by atoms with Crippen LogP contribution < -0.4 is 19.6 Å². The minimum absolute atomic E-state index is 0.207. The van der Waals surface area contributed by atoms with Gasteiger partial charge in [-0.05, 0) is 48.9 Å². The zero-order chi connectivity index (χ0) is 28.5. The number of amides is 4. The molecule has 2 aliphatic heterocycles. The van der Waals surface area contributed by atoms with Crippen LogP contribution in [0, 0.1) is 6.92 Å². The van der Waals surface area contributed by atoms with Crippen molar-refractivity contribution in [1.82, 2.24) is 4.40 Å². The number of hydrogen-bond acceptors (Lipinski definition) is 4. The van der Waals surface area contributed by atoms with Crippen molar-refractivity contribution in [2.75, 3.05) is 19.6 Å². The number of rotatable bonds is 2. The molecule has 0 saturated heterocycles. The Bertz CT molecular complexity index is 1530. The molecule has 0 spiro atoms. The van der Waals surface area contributed by atoms with E-state index in [0.29, 0.717) is 28.4 Å². The van der Waals surface area contributed by atoms with Gasteiger partial charge in [0.1, 0.15) is 6.17 Å². The summed E-state index contributed by atoms with van der Waals surface area (Å²) in [6, 6.07) is 20.4. The summed E-state index contributed by atoms with van der Waals surface area (Å²) >= 11 is 0. The van der Waals surface area contributed by atoms with Crippen molar-refractivity contribution in [3.63, 3.8) is 0 Å². The third kappa shape index (κ3) is 3.40. The summed E-state index contributed by atoms with van der Waals surface area (Å²) in [5, 5.41) is 0. The van der Waals surface area contributed by atoms with Crippen molar-refractivity contribution < 1.29 is 19.2 Å². The summed E-state index contributed by atoms with van der Waals surface area (Å²) in [7, 11) is 0. The average Bonchev–Trinajstić information content (AvgIpc) is 3.52. The van der Waals surface area contributed by atoms with Crippen LogP contribution in [0.3, 0.4) is 0 Å². The number of pyridine rings is 1. The van der Waals surface area contributed by atoms with E-state index >= 15 is 0 Å². The molecule has 4 aromatic rings. The molecule has 0 radical (unpaired) electrons. The Morgan fingerprint density at radius 1 is 0.550 bits per heavy atom. The van der Waals surface area contributed by atoms with Crippen molar-refractivity contribution in [3.05, 3.63) is 89.7 Å². The van der Waals surface area contributed by atoms with E-state index in [1.165, 1.54) is 27.7 Å². The Labute approximate surface area is 231 Å². The lowest BCUT2D eigenvalue weighted by Gasteiger charge is -2.31. The summed E-state index contributed by atoms with van der Waals surface area (Å²) in [4.78, 5) is 59.3. The number of anilines is 4. The van der Waals surface area contributed by atoms with Gasteiger partial charge < -0.3 is 4.40 Å². The molecule has 9 nitrogen and oxygen atoms in total. The van der Waals surface area contributed by atoms with Gasteiger partial charge in [0, 0.05) is 39.5 Å². The molecule has 0 aliphatic carbocycles. The molecule has 0 bridgehead atoms. The minimum atomic E-state index is -0.767. The molecule has 0 unspecified atom stereocenters. The highest BCUT2D eigenvalue weighted by atomic mass is 16.2. The molecule has 9 heteroatoms. The van der Waals surface area contributed by atoms with E-state index in [0.717, 1.165) is 16.6 Å². The van der Waals surface area contributed by atoms with E-state index in [-0.39, 0.29) is 23.6 Å². The number of hydrogen-bond donors (Lipinski definition) is 0. The first-order valence-corrected chi connectivity index (χ1v) is 13.1. The first-order valence-electron chi connectivity index (χ1n) is 13.1. The molecule has 4 amide bonds. The second kappa shape index (κ2) is 9.08. The summed E-state index contributed by atoms with van der Waals surface area (Å²) in [6.07, 6.45) is 0.370. The molecule has 0 N–H and O–H groups in total. The van der Waals surface area contributed by atoms with Crippen LogP contribution in [0.25, 0.3) is 5.52 Å². The first kappa shape index (κ1) is 25.4. The highest BCUT2D eigenvalue weighted by Crippen LogP contribution is 2.52. The van der Waals surface area contributed by atoms with E-state index in [4.69, 9.17) is 0 Å². The number of para-hydroxylation sites is 4. The van der Waals surface area contributed by atoms with Crippen LogP contribution in [0.1, 0.15) is 56.8 Å². The lowest BCUT2D eigenvalue weighted by molar-refractivity contribution is -0.119. The van der Waals surface area contributed by atoms with Gasteiger partial charge in [-0.3, -0.25) is 38.8 Å². The van der Waals surface area contributed by atoms with E-state index in [1.807, 2.05) is 84.3 Å². The Morgan fingerprint density at radius 2 is 0.925 bits per heavy atom. The van der Waals surface area contributed by atoms with Gasteiger partial charge in [0.15, 0.2) is 6.17 Å².